The molecule has 0 atom stereocenters. The molecule has 1 aromatic carbocycles. The van der Waals surface area contributed by atoms with Crippen molar-refractivity contribution in [2.75, 3.05) is 0 Å². The van der Waals surface area contributed by atoms with E-state index in [1.54, 1.807) is 5.94 Å². The van der Waals surface area contributed by atoms with E-state index >= 15 is 0 Å². The molecule has 0 aliphatic heterocycles. The number of rotatable bonds is 4. The van der Waals surface area contributed by atoms with E-state index in [1.807, 2.05) is 36.4 Å². The Hall–Kier alpha value is -1.79. The lowest BCUT2D eigenvalue weighted by Crippen LogP contribution is -1.85. The first-order valence-corrected chi connectivity index (χ1v) is 4.50. The van der Waals surface area contributed by atoms with Gasteiger partial charge in [0.1, 0.15) is 5.75 Å². The molecule has 0 spiro atoms. The Balaban J connectivity index is 2.90. The van der Waals surface area contributed by atoms with Crippen LogP contribution >= 0.6 is 0 Å². The van der Waals surface area contributed by atoms with Gasteiger partial charge in [-0.05, 0) is 12.5 Å². The minimum atomic E-state index is 0.667. The second-order valence-electron chi connectivity index (χ2n) is 2.70. The monoisotopic (exact) mass is 188 g/mol. The zero-order chi connectivity index (χ0) is 10.2. The number of benzene rings is 1. The van der Waals surface area contributed by atoms with Crippen LogP contribution in [0.1, 0.15) is 18.9 Å². The van der Waals surface area contributed by atoms with Gasteiger partial charge in [-0.25, -0.2) is 4.79 Å². The Bertz CT molecular complexity index is 360. The molecule has 0 saturated heterocycles. The standard InChI is InChI=1S/C12H12O2/c1-2-3-6-11-7-4-5-8-12(11)14-10-9-13/h3-8,10H,2H2,1H3/b6-3+. The van der Waals surface area contributed by atoms with Gasteiger partial charge in [0.05, 0.1) is 0 Å². The molecule has 0 aliphatic rings. The van der Waals surface area contributed by atoms with Crippen LogP contribution in [0.5, 0.6) is 5.75 Å². The van der Waals surface area contributed by atoms with Gasteiger partial charge in [-0.3, -0.25) is 0 Å². The van der Waals surface area contributed by atoms with Gasteiger partial charge in [-0.2, -0.15) is 0 Å². The lowest BCUT2D eigenvalue weighted by molar-refractivity contribution is 0.475. The Labute approximate surface area is 83.5 Å². The van der Waals surface area contributed by atoms with Gasteiger partial charge in [-0.15, -0.1) is 0 Å². The Morgan fingerprint density at radius 2 is 2.21 bits per heavy atom. The second-order valence-corrected chi connectivity index (χ2v) is 2.70. The molecule has 0 fully saturated rings. The maximum Gasteiger partial charge on any atom is 0.174 e. The molecule has 14 heavy (non-hydrogen) atoms. The van der Waals surface area contributed by atoms with Crippen LogP contribution < -0.4 is 4.74 Å². The summed E-state index contributed by atoms with van der Waals surface area (Å²) in [5.41, 5.74) is 0.959. The molecule has 0 aromatic heterocycles. The Morgan fingerprint density at radius 1 is 1.43 bits per heavy atom. The van der Waals surface area contributed by atoms with Crippen LogP contribution in [-0.4, -0.2) is 5.94 Å². The van der Waals surface area contributed by atoms with E-state index in [4.69, 9.17) is 4.74 Å². The number of hydrogen-bond acceptors (Lipinski definition) is 2. The first-order valence-electron chi connectivity index (χ1n) is 4.50. The third-order valence-corrected chi connectivity index (χ3v) is 1.69. The highest BCUT2D eigenvalue weighted by atomic mass is 16.5. The Kier molecular flexibility index (Phi) is 4.25. The summed E-state index contributed by atoms with van der Waals surface area (Å²) in [6.07, 6.45) is 5.98. The first kappa shape index (κ1) is 10.3. The Morgan fingerprint density at radius 3 is 2.93 bits per heavy atom. The van der Waals surface area contributed by atoms with Gasteiger partial charge in [0.25, 0.3) is 0 Å². The van der Waals surface area contributed by atoms with E-state index in [0.717, 1.165) is 18.2 Å². The molecule has 0 saturated carbocycles. The van der Waals surface area contributed by atoms with Crippen LogP contribution in [0.4, 0.5) is 0 Å². The minimum absolute atomic E-state index is 0.667. The van der Waals surface area contributed by atoms with Crippen molar-refractivity contribution in [3.63, 3.8) is 0 Å². The van der Waals surface area contributed by atoms with Crippen molar-refractivity contribution in [2.24, 2.45) is 0 Å². The lowest BCUT2D eigenvalue weighted by Gasteiger charge is -2.02. The van der Waals surface area contributed by atoms with Crippen LogP contribution in [-0.2, 0) is 4.79 Å². The first-order chi connectivity index (χ1) is 6.88. The fraction of sp³-hybridized carbons (Fsp3) is 0.167. The predicted octanol–water partition coefficient (Wildman–Crippen LogP) is 2.83. The average molecular weight is 188 g/mol. The van der Waals surface area contributed by atoms with Gasteiger partial charge in [0.15, 0.2) is 12.2 Å². The fourth-order valence-corrected chi connectivity index (χ4v) is 1.06. The van der Waals surface area contributed by atoms with Gasteiger partial charge >= 0.3 is 0 Å². The fourth-order valence-electron chi connectivity index (χ4n) is 1.06. The molecule has 0 bridgehead atoms. The minimum Gasteiger partial charge on any atom is -0.453 e. The highest BCUT2D eigenvalue weighted by Crippen LogP contribution is 2.19. The molecule has 72 valence electrons. The van der Waals surface area contributed by atoms with Crippen molar-refractivity contribution in [3.05, 3.63) is 42.2 Å². The van der Waals surface area contributed by atoms with Crippen molar-refractivity contribution in [1.29, 1.82) is 0 Å². The summed E-state index contributed by atoms with van der Waals surface area (Å²) < 4.78 is 5.08. The average Bonchev–Trinajstić information content (AvgIpc) is 2.24. The molecule has 0 radical (unpaired) electrons. The maximum atomic E-state index is 9.98. The van der Waals surface area contributed by atoms with Crippen LogP contribution in [0.2, 0.25) is 0 Å². The van der Waals surface area contributed by atoms with E-state index in [2.05, 4.69) is 6.92 Å². The zero-order valence-electron chi connectivity index (χ0n) is 8.07. The van der Waals surface area contributed by atoms with Crippen LogP contribution in [0.15, 0.2) is 36.6 Å². The second kappa shape index (κ2) is 5.79. The molecule has 0 aliphatic carbocycles. The van der Waals surface area contributed by atoms with E-state index in [0.29, 0.717) is 5.75 Å². The van der Waals surface area contributed by atoms with Gasteiger partial charge in [-0.1, -0.05) is 37.3 Å². The summed E-state index contributed by atoms with van der Waals surface area (Å²) in [6.45, 7) is 2.06. The number of hydrogen-bond donors (Lipinski definition) is 0. The largest absolute Gasteiger partial charge is 0.453 e. The number of ether oxygens (including phenoxy) is 1. The highest BCUT2D eigenvalue weighted by Gasteiger charge is 1.96. The van der Waals surface area contributed by atoms with Gasteiger partial charge < -0.3 is 4.74 Å². The van der Waals surface area contributed by atoms with Gasteiger partial charge in [0, 0.05) is 5.56 Å². The number of allylic oxidation sites excluding steroid dienone is 1. The van der Waals surface area contributed by atoms with Gasteiger partial charge in [0.2, 0.25) is 0 Å². The molecule has 1 rings (SSSR count). The predicted molar refractivity (Wildman–Crippen MR) is 56.7 cm³/mol. The normalized spacial score (nSPS) is 9.79. The summed E-state index contributed by atoms with van der Waals surface area (Å²) in [6, 6.07) is 7.52. The summed E-state index contributed by atoms with van der Waals surface area (Å²) in [5.74, 6) is 2.25. The van der Waals surface area contributed by atoms with Crippen molar-refractivity contribution in [1.82, 2.24) is 0 Å². The molecule has 2 nitrogen and oxygen atoms in total. The molecular weight excluding hydrogens is 176 g/mol. The van der Waals surface area contributed by atoms with E-state index in [9.17, 15) is 4.79 Å². The number of carbonyl (C=O) groups excluding carboxylic acids is 1. The van der Waals surface area contributed by atoms with Crippen LogP contribution in [0, 0.1) is 0 Å². The molecular formula is C12H12O2. The van der Waals surface area contributed by atoms with Crippen molar-refractivity contribution < 1.29 is 9.53 Å². The molecule has 0 N–H and O–H groups in total. The SMILES string of the molecule is CC/C=C/c1ccccc1OC=C=O. The summed E-state index contributed by atoms with van der Waals surface area (Å²) in [5, 5.41) is 0. The summed E-state index contributed by atoms with van der Waals surface area (Å²) >= 11 is 0. The zero-order valence-corrected chi connectivity index (χ0v) is 8.07. The summed E-state index contributed by atoms with van der Waals surface area (Å²) in [7, 11) is 0. The van der Waals surface area contributed by atoms with Crippen LogP contribution in [0.25, 0.3) is 6.08 Å². The van der Waals surface area contributed by atoms with E-state index in [-0.39, 0.29) is 0 Å². The smallest absolute Gasteiger partial charge is 0.174 e. The van der Waals surface area contributed by atoms with Crippen molar-refractivity contribution in [3.8, 4) is 5.75 Å². The summed E-state index contributed by atoms with van der Waals surface area (Å²) in [4.78, 5) is 9.98. The molecule has 1 aromatic rings. The third kappa shape index (κ3) is 2.92. The van der Waals surface area contributed by atoms with Crippen molar-refractivity contribution in [2.45, 2.75) is 13.3 Å². The lowest BCUT2D eigenvalue weighted by atomic mass is 10.2. The molecule has 2 heteroatoms. The van der Waals surface area contributed by atoms with Crippen molar-refractivity contribution >= 4 is 12.0 Å². The highest BCUT2D eigenvalue weighted by molar-refractivity contribution is 5.57. The van der Waals surface area contributed by atoms with Crippen LogP contribution in [0.3, 0.4) is 0 Å². The van der Waals surface area contributed by atoms with E-state index < -0.39 is 0 Å². The topological polar surface area (TPSA) is 26.3 Å². The number of para-hydroxylation sites is 1. The maximum absolute atomic E-state index is 9.98. The molecule has 0 heterocycles. The third-order valence-electron chi connectivity index (χ3n) is 1.69. The molecule has 0 amide bonds. The quantitative estimate of drug-likeness (QED) is 0.536. The molecule has 0 unspecified atom stereocenters. The van der Waals surface area contributed by atoms with E-state index in [1.165, 1.54) is 0 Å².